The molecule has 1 fully saturated rings. The summed E-state index contributed by atoms with van der Waals surface area (Å²) >= 11 is 0. The van der Waals surface area contributed by atoms with E-state index in [-0.39, 0.29) is 19.0 Å². The van der Waals surface area contributed by atoms with Crippen molar-refractivity contribution in [2.45, 2.75) is 19.8 Å². The van der Waals surface area contributed by atoms with Gasteiger partial charge in [-0.1, -0.05) is 12.1 Å². The van der Waals surface area contributed by atoms with E-state index in [0.29, 0.717) is 41.0 Å². The van der Waals surface area contributed by atoms with Crippen LogP contribution in [-0.4, -0.2) is 46.2 Å². The van der Waals surface area contributed by atoms with Crippen LogP contribution in [0.1, 0.15) is 24.6 Å². The van der Waals surface area contributed by atoms with E-state index in [0.717, 1.165) is 11.3 Å². The second-order valence-electron chi connectivity index (χ2n) is 9.20. The minimum absolute atomic E-state index is 0.0852. The van der Waals surface area contributed by atoms with Crippen molar-refractivity contribution in [3.05, 3.63) is 78.0 Å². The first kappa shape index (κ1) is 25.3. The van der Waals surface area contributed by atoms with Crippen LogP contribution in [0, 0.1) is 11.2 Å². The second-order valence-corrected chi connectivity index (χ2v) is 9.20. The molecule has 11 heteroatoms. The molecule has 4 N–H and O–H groups in total. The molecule has 1 saturated heterocycles. The standard InChI is InChI=1S/C27H27FN6O4/c1-27(25(29)35)14-37-24(38-15-27)23-33-21(17-5-7-18(28)8-6-17)22(34-23)20-11-12-30-26(32-20)31-13-16-3-9-19(36-2)10-4-16/h3-12,24H,13-15H2,1-2H3,(H2,29,35)(H,33,34)(H,30,31,32). The highest BCUT2D eigenvalue weighted by molar-refractivity contribution is 5.81. The number of nitrogens with zero attached hydrogens (tertiary/aromatic N) is 3. The molecular weight excluding hydrogens is 491 g/mol. The van der Waals surface area contributed by atoms with Crippen LogP contribution in [-0.2, 0) is 20.8 Å². The first-order valence-electron chi connectivity index (χ1n) is 11.9. The molecule has 1 aliphatic rings. The quantitative estimate of drug-likeness (QED) is 0.320. The van der Waals surface area contributed by atoms with Gasteiger partial charge in [-0.05, 0) is 55.0 Å². The van der Waals surface area contributed by atoms with Gasteiger partial charge in [0, 0.05) is 18.3 Å². The largest absolute Gasteiger partial charge is 0.497 e. The molecule has 0 spiro atoms. The maximum Gasteiger partial charge on any atom is 0.228 e. The Labute approximate surface area is 218 Å². The van der Waals surface area contributed by atoms with Gasteiger partial charge in [-0.2, -0.15) is 0 Å². The molecule has 3 heterocycles. The number of methoxy groups -OCH3 is 1. The van der Waals surface area contributed by atoms with Gasteiger partial charge in [-0.15, -0.1) is 0 Å². The molecule has 4 aromatic rings. The summed E-state index contributed by atoms with van der Waals surface area (Å²) in [5, 5.41) is 3.22. The molecule has 5 rings (SSSR count). The Kier molecular flexibility index (Phi) is 7.03. The molecule has 10 nitrogen and oxygen atoms in total. The average Bonchev–Trinajstić information content (AvgIpc) is 3.38. The Morgan fingerprint density at radius 1 is 1.13 bits per heavy atom. The van der Waals surface area contributed by atoms with Crippen LogP contribution < -0.4 is 15.8 Å². The zero-order valence-electron chi connectivity index (χ0n) is 20.9. The number of imidazole rings is 1. The Morgan fingerprint density at radius 2 is 1.84 bits per heavy atom. The zero-order valence-corrected chi connectivity index (χ0v) is 20.9. The molecule has 0 bridgehead atoms. The summed E-state index contributed by atoms with van der Waals surface area (Å²) in [7, 11) is 1.62. The van der Waals surface area contributed by atoms with Crippen LogP contribution in [0.25, 0.3) is 22.6 Å². The van der Waals surface area contributed by atoms with Crippen molar-refractivity contribution >= 4 is 11.9 Å². The van der Waals surface area contributed by atoms with Crippen molar-refractivity contribution in [1.29, 1.82) is 0 Å². The van der Waals surface area contributed by atoms with Gasteiger partial charge >= 0.3 is 0 Å². The fraction of sp³-hybridized carbons (Fsp3) is 0.259. The van der Waals surface area contributed by atoms with Gasteiger partial charge < -0.3 is 30.2 Å². The molecule has 0 atom stereocenters. The van der Waals surface area contributed by atoms with E-state index in [1.807, 2.05) is 24.3 Å². The zero-order chi connectivity index (χ0) is 26.7. The lowest BCUT2D eigenvalue weighted by Crippen LogP contribution is -2.46. The van der Waals surface area contributed by atoms with Gasteiger partial charge in [0.05, 0.1) is 42.8 Å². The topological polar surface area (TPSA) is 137 Å². The number of primary amides is 1. The Bertz CT molecular complexity index is 1420. The van der Waals surface area contributed by atoms with E-state index in [2.05, 4.69) is 20.3 Å². The highest BCUT2D eigenvalue weighted by Crippen LogP contribution is 2.35. The summed E-state index contributed by atoms with van der Waals surface area (Å²) in [6, 6.07) is 15.4. The lowest BCUT2D eigenvalue weighted by Gasteiger charge is -2.34. The number of halogens is 1. The molecular formula is C27H27FN6O4. The van der Waals surface area contributed by atoms with Gasteiger partial charge in [0.15, 0.2) is 5.82 Å². The molecule has 0 unspecified atom stereocenters. The lowest BCUT2D eigenvalue weighted by molar-refractivity contribution is -0.230. The number of nitrogens with one attached hydrogen (secondary N) is 2. The summed E-state index contributed by atoms with van der Waals surface area (Å²) in [6.07, 6.45) is 0.796. The monoisotopic (exact) mass is 518 g/mol. The predicted octanol–water partition coefficient (Wildman–Crippen LogP) is 3.83. The molecule has 196 valence electrons. The van der Waals surface area contributed by atoms with Crippen LogP contribution in [0.4, 0.5) is 10.3 Å². The predicted molar refractivity (Wildman–Crippen MR) is 137 cm³/mol. The van der Waals surface area contributed by atoms with Gasteiger partial charge in [-0.25, -0.2) is 19.3 Å². The number of aromatic nitrogens is 4. The Hall–Kier alpha value is -4.35. The van der Waals surface area contributed by atoms with Crippen LogP contribution in [0.15, 0.2) is 60.8 Å². The first-order chi connectivity index (χ1) is 18.3. The normalized spacial score (nSPS) is 19.2. The van der Waals surface area contributed by atoms with Gasteiger partial charge in [-0.3, -0.25) is 4.79 Å². The third-order valence-electron chi connectivity index (χ3n) is 6.29. The number of anilines is 1. The minimum atomic E-state index is -0.928. The molecule has 38 heavy (non-hydrogen) atoms. The molecule has 0 saturated carbocycles. The second kappa shape index (κ2) is 10.6. The van der Waals surface area contributed by atoms with Crippen molar-refractivity contribution in [2.24, 2.45) is 11.1 Å². The molecule has 0 radical (unpaired) electrons. The average molecular weight is 519 g/mol. The fourth-order valence-electron chi connectivity index (χ4n) is 3.92. The summed E-state index contributed by atoms with van der Waals surface area (Å²) < 4.78 is 30.4. The van der Waals surface area contributed by atoms with Crippen molar-refractivity contribution < 1.29 is 23.4 Å². The number of hydrogen-bond donors (Lipinski definition) is 3. The number of H-pyrrole nitrogens is 1. The molecule has 1 amide bonds. The lowest BCUT2D eigenvalue weighted by atomic mass is 9.91. The minimum Gasteiger partial charge on any atom is -0.497 e. The number of rotatable bonds is 8. The Morgan fingerprint density at radius 3 is 2.50 bits per heavy atom. The third-order valence-corrected chi connectivity index (χ3v) is 6.29. The van der Waals surface area contributed by atoms with Gasteiger partial charge in [0.2, 0.25) is 18.1 Å². The number of benzene rings is 2. The number of ether oxygens (including phenoxy) is 3. The summed E-state index contributed by atoms with van der Waals surface area (Å²) in [5.41, 5.74) is 7.95. The van der Waals surface area contributed by atoms with Crippen molar-refractivity contribution in [1.82, 2.24) is 19.9 Å². The fourth-order valence-corrected chi connectivity index (χ4v) is 3.92. The van der Waals surface area contributed by atoms with E-state index in [1.54, 1.807) is 38.4 Å². The summed E-state index contributed by atoms with van der Waals surface area (Å²) in [6.45, 7) is 2.36. The number of amides is 1. The maximum atomic E-state index is 13.6. The number of hydrogen-bond acceptors (Lipinski definition) is 8. The Balaban J connectivity index is 1.43. The summed E-state index contributed by atoms with van der Waals surface area (Å²) in [4.78, 5) is 28.7. The third kappa shape index (κ3) is 5.34. The van der Waals surface area contributed by atoms with E-state index < -0.39 is 17.6 Å². The molecule has 2 aromatic heterocycles. The van der Waals surface area contributed by atoms with E-state index in [1.165, 1.54) is 12.1 Å². The van der Waals surface area contributed by atoms with E-state index in [9.17, 15) is 9.18 Å². The molecule has 0 aliphatic carbocycles. The van der Waals surface area contributed by atoms with E-state index >= 15 is 0 Å². The van der Waals surface area contributed by atoms with Crippen molar-refractivity contribution in [3.8, 4) is 28.4 Å². The van der Waals surface area contributed by atoms with E-state index in [4.69, 9.17) is 24.9 Å². The highest BCUT2D eigenvalue weighted by Gasteiger charge is 2.39. The van der Waals surface area contributed by atoms with Crippen molar-refractivity contribution in [2.75, 3.05) is 25.6 Å². The van der Waals surface area contributed by atoms with Crippen LogP contribution in [0.2, 0.25) is 0 Å². The number of carbonyl (C=O) groups is 1. The van der Waals surface area contributed by atoms with Gasteiger partial charge in [0.25, 0.3) is 0 Å². The van der Waals surface area contributed by atoms with Crippen LogP contribution >= 0.6 is 0 Å². The highest BCUT2D eigenvalue weighted by atomic mass is 19.1. The first-order valence-corrected chi connectivity index (χ1v) is 11.9. The van der Waals surface area contributed by atoms with Crippen LogP contribution in [0.5, 0.6) is 5.75 Å². The van der Waals surface area contributed by atoms with Crippen molar-refractivity contribution in [3.63, 3.8) is 0 Å². The van der Waals surface area contributed by atoms with Gasteiger partial charge in [0.1, 0.15) is 11.6 Å². The number of nitrogens with two attached hydrogens (primary N) is 1. The number of carbonyl (C=O) groups excluding carboxylic acids is 1. The molecule has 2 aromatic carbocycles. The van der Waals surface area contributed by atoms with Crippen LogP contribution in [0.3, 0.4) is 0 Å². The maximum absolute atomic E-state index is 13.6. The summed E-state index contributed by atoms with van der Waals surface area (Å²) in [5.74, 6) is 0.723. The smallest absolute Gasteiger partial charge is 0.228 e. The molecule has 1 aliphatic heterocycles. The number of aromatic amines is 1. The SMILES string of the molecule is COc1ccc(CNc2nccc(-c3[nH]c(C4OCC(C)(C(N)=O)CO4)nc3-c3ccc(F)cc3)n2)cc1.